The Bertz CT molecular complexity index is 818. The summed E-state index contributed by atoms with van der Waals surface area (Å²) in [6.45, 7) is 0.903. The van der Waals surface area contributed by atoms with Crippen LogP contribution in [0, 0.1) is 0 Å². The number of aromatic nitrogens is 2. The van der Waals surface area contributed by atoms with Crippen molar-refractivity contribution < 1.29 is 9.84 Å². The molecule has 1 aromatic carbocycles. The number of nitrogens with zero attached hydrogens (tertiary/aromatic N) is 2. The van der Waals surface area contributed by atoms with Gasteiger partial charge in [0.25, 0.3) is 0 Å². The van der Waals surface area contributed by atoms with Crippen molar-refractivity contribution in [3.05, 3.63) is 59.2 Å². The fourth-order valence-electron chi connectivity index (χ4n) is 3.11. The van der Waals surface area contributed by atoms with Crippen LogP contribution in [0.15, 0.2) is 48.8 Å². The molecule has 4 nitrogen and oxygen atoms in total. The topological polar surface area (TPSA) is 47.3 Å². The summed E-state index contributed by atoms with van der Waals surface area (Å²) in [5, 5.41) is 9.36. The first-order chi connectivity index (χ1) is 11.8. The minimum Gasteiger partial charge on any atom is -0.392 e. The van der Waals surface area contributed by atoms with E-state index in [4.69, 9.17) is 4.74 Å². The Hall–Kier alpha value is -1.95. The highest BCUT2D eigenvalue weighted by Crippen LogP contribution is 2.36. The number of thiophene rings is 1. The molecule has 1 atom stereocenters. The van der Waals surface area contributed by atoms with E-state index in [1.807, 2.05) is 36.7 Å². The van der Waals surface area contributed by atoms with Gasteiger partial charge in [-0.05, 0) is 49.1 Å². The van der Waals surface area contributed by atoms with Crippen LogP contribution in [0.1, 0.15) is 35.8 Å². The Morgan fingerprint density at radius 2 is 2.21 bits per heavy atom. The van der Waals surface area contributed by atoms with Crippen LogP contribution in [0.25, 0.3) is 16.4 Å². The molecule has 2 aromatic heterocycles. The minimum absolute atomic E-state index is 0.0417. The van der Waals surface area contributed by atoms with Crippen LogP contribution in [-0.4, -0.2) is 21.3 Å². The molecular weight excluding hydrogens is 320 g/mol. The van der Waals surface area contributed by atoms with Crippen LogP contribution in [0.4, 0.5) is 0 Å². The lowest BCUT2D eigenvalue weighted by Crippen LogP contribution is -2.09. The SMILES string of the molecule is OCc1cccc(-n2ccnc2-c2ccc(C3CCCCO3)s2)c1. The van der Waals surface area contributed by atoms with Gasteiger partial charge in [0.2, 0.25) is 0 Å². The Kier molecular flexibility index (Phi) is 4.47. The van der Waals surface area contributed by atoms with E-state index in [1.165, 1.54) is 17.7 Å². The standard InChI is InChI=1S/C19H20N2O2S/c22-13-14-4-3-5-15(12-14)21-10-9-20-19(21)18-8-7-17(24-18)16-6-1-2-11-23-16/h3-5,7-10,12,16,22H,1-2,6,11,13H2. The summed E-state index contributed by atoms with van der Waals surface area (Å²) in [6.07, 6.45) is 7.52. The fourth-order valence-corrected chi connectivity index (χ4v) is 4.20. The normalized spacial score (nSPS) is 18.0. The average Bonchev–Trinajstić information content (AvgIpc) is 3.31. The summed E-state index contributed by atoms with van der Waals surface area (Å²) in [5.41, 5.74) is 1.91. The van der Waals surface area contributed by atoms with Gasteiger partial charge in [0.15, 0.2) is 5.82 Å². The number of hydrogen-bond acceptors (Lipinski definition) is 4. The maximum absolute atomic E-state index is 9.36. The molecule has 0 amide bonds. The van der Waals surface area contributed by atoms with Crippen LogP contribution in [0.5, 0.6) is 0 Å². The smallest absolute Gasteiger partial charge is 0.154 e. The first-order valence-corrected chi connectivity index (χ1v) is 9.12. The number of benzene rings is 1. The molecule has 3 heterocycles. The molecule has 1 unspecified atom stereocenters. The minimum atomic E-state index is 0.0417. The molecule has 4 rings (SSSR count). The van der Waals surface area contributed by atoms with Gasteiger partial charge in [0, 0.05) is 29.6 Å². The van der Waals surface area contributed by atoms with Gasteiger partial charge in [0.1, 0.15) is 0 Å². The summed E-state index contributed by atoms with van der Waals surface area (Å²) in [5.74, 6) is 0.928. The molecule has 1 N–H and O–H groups in total. The first kappa shape index (κ1) is 15.6. The molecular formula is C19H20N2O2S. The monoisotopic (exact) mass is 340 g/mol. The molecule has 0 aliphatic carbocycles. The molecule has 24 heavy (non-hydrogen) atoms. The molecule has 1 aliphatic heterocycles. The lowest BCUT2D eigenvalue weighted by molar-refractivity contribution is 0.0172. The molecule has 0 radical (unpaired) electrons. The summed E-state index contributed by atoms with van der Waals surface area (Å²) in [4.78, 5) is 6.97. The zero-order chi connectivity index (χ0) is 16.4. The van der Waals surface area contributed by atoms with Crippen molar-refractivity contribution in [2.75, 3.05) is 6.61 Å². The lowest BCUT2D eigenvalue weighted by atomic mass is 10.1. The van der Waals surface area contributed by atoms with Gasteiger partial charge in [-0.25, -0.2) is 4.98 Å². The number of aliphatic hydroxyl groups is 1. The van der Waals surface area contributed by atoms with E-state index >= 15 is 0 Å². The maximum Gasteiger partial charge on any atom is 0.154 e. The van der Waals surface area contributed by atoms with Crippen molar-refractivity contribution >= 4 is 11.3 Å². The van der Waals surface area contributed by atoms with E-state index in [1.54, 1.807) is 11.3 Å². The number of rotatable bonds is 4. The number of aliphatic hydroxyl groups excluding tert-OH is 1. The molecule has 124 valence electrons. The third-order valence-electron chi connectivity index (χ3n) is 4.36. The van der Waals surface area contributed by atoms with Gasteiger partial charge in [-0.3, -0.25) is 4.57 Å². The fraction of sp³-hybridized carbons (Fsp3) is 0.316. The summed E-state index contributed by atoms with van der Waals surface area (Å²) in [6, 6.07) is 12.2. The molecule has 0 saturated carbocycles. The number of hydrogen-bond donors (Lipinski definition) is 1. The summed E-state index contributed by atoms with van der Waals surface area (Å²) in [7, 11) is 0. The van der Waals surface area contributed by atoms with Crippen LogP contribution in [0.2, 0.25) is 0 Å². The lowest BCUT2D eigenvalue weighted by Gasteiger charge is -2.21. The zero-order valence-electron chi connectivity index (χ0n) is 13.4. The van der Waals surface area contributed by atoms with Crippen LogP contribution < -0.4 is 0 Å². The van der Waals surface area contributed by atoms with E-state index in [0.717, 1.165) is 35.0 Å². The van der Waals surface area contributed by atoms with Gasteiger partial charge in [-0.2, -0.15) is 0 Å². The third kappa shape index (κ3) is 3.02. The molecule has 1 aliphatic rings. The van der Waals surface area contributed by atoms with E-state index in [2.05, 4.69) is 21.7 Å². The van der Waals surface area contributed by atoms with Gasteiger partial charge < -0.3 is 9.84 Å². The average molecular weight is 340 g/mol. The van der Waals surface area contributed by atoms with E-state index in [-0.39, 0.29) is 12.7 Å². The second kappa shape index (κ2) is 6.89. The highest BCUT2D eigenvalue weighted by molar-refractivity contribution is 7.15. The predicted octanol–water partition coefficient (Wildman–Crippen LogP) is 4.33. The summed E-state index contributed by atoms with van der Waals surface area (Å²) >= 11 is 1.76. The second-order valence-corrected chi connectivity index (χ2v) is 7.12. The molecule has 0 spiro atoms. The zero-order valence-corrected chi connectivity index (χ0v) is 14.2. The number of imidazole rings is 1. The molecule has 3 aromatic rings. The van der Waals surface area contributed by atoms with Gasteiger partial charge in [-0.15, -0.1) is 11.3 Å². The predicted molar refractivity (Wildman–Crippen MR) is 95.3 cm³/mol. The highest BCUT2D eigenvalue weighted by atomic mass is 32.1. The Labute approximate surface area is 145 Å². The Balaban J connectivity index is 1.66. The second-order valence-electron chi connectivity index (χ2n) is 6.01. The van der Waals surface area contributed by atoms with Crippen LogP contribution >= 0.6 is 11.3 Å². The molecule has 1 saturated heterocycles. The quantitative estimate of drug-likeness (QED) is 0.769. The van der Waals surface area contributed by atoms with Gasteiger partial charge in [0.05, 0.1) is 17.6 Å². The van der Waals surface area contributed by atoms with E-state index < -0.39 is 0 Å². The first-order valence-electron chi connectivity index (χ1n) is 8.30. The summed E-state index contributed by atoms with van der Waals surface area (Å²) < 4.78 is 7.96. The highest BCUT2D eigenvalue weighted by Gasteiger charge is 2.19. The molecule has 5 heteroatoms. The van der Waals surface area contributed by atoms with Crippen molar-refractivity contribution in [1.82, 2.24) is 9.55 Å². The van der Waals surface area contributed by atoms with Crippen molar-refractivity contribution in [3.8, 4) is 16.4 Å². The molecule has 1 fully saturated rings. The van der Waals surface area contributed by atoms with Crippen molar-refractivity contribution in [1.29, 1.82) is 0 Å². The maximum atomic E-state index is 9.36. The largest absolute Gasteiger partial charge is 0.392 e. The van der Waals surface area contributed by atoms with Crippen molar-refractivity contribution in [3.63, 3.8) is 0 Å². The van der Waals surface area contributed by atoms with Crippen molar-refractivity contribution in [2.45, 2.75) is 32.0 Å². The molecule has 0 bridgehead atoms. The van der Waals surface area contributed by atoms with Crippen LogP contribution in [-0.2, 0) is 11.3 Å². The van der Waals surface area contributed by atoms with Crippen LogP contribution in [0.3, 0.4) is 0 Å². The van der Waals surface area contributed by atoms with Crippen molar-refractivity contribution in [2.24, 2.45) is 0 Å². The van der Waals surface area contributed by atoms with E-state index in [9.17, 15) is 5.11 Å². The third-order valence-corrected chi connectivity index (χ3v) is 5.53. The van der Waals surface area contributed by atoms with Gasteiger partial charge >= 0.3 is 0 Å². The Morgan fingerprint density at radius 3 is 3.04 bits per heavy atom. The Morgan fingerprint density at radius 1 is 1.25 bits per heavy atom. The number of ether oxygens (including phenoxy) is 1. The van der Waals surface area contributed by atoms with E-state index in [0.29, 0.717) is 0 Å². The van der Waals surface area contributed by atoms with Gasteiger partial charge in [-0.1, -0.05) is 12.1 Å².